The van der Waals surface area contributed by atoms with E-state index in [1.54, 1.807) is 43.1 Å². The summed E-state index contributed by atoms with van der Waals surface area (Å²) in [5.74, 6) is 0.0805. The average molecular weight is 237 g/mol. The molecule has 1 aromatic rings. The van der Waals surface area contributed by atoms with Gasteiger partial charge in [0.2, 0.25) is 5.91 Å². The molecule has 1 rings (SSSR count). The molecule has 0 spiro atoms. The number of phenolic OH excluding ortho intramolecular Hbond substituents is 1. The van der Waals surface area contributed by atoms with Crippen molar-refractivity contribution < 1.29 is 15.0 Å². The number of likely N-dealkylation sites (N-methyl/N-ethyl adjacent to an activating group) is 1. The van der Waals surface area contributed by atoms with Gasteiger partial charge in [0.1, 0.15) is 5.75 Å². The first-order valence-corrected chi connectivity index (χ1v) is 5.69. The first kappa shape index (κ1) is 13.5. The van der Waals surface area contributed by atoms with Gasteiger partial charge in [-0.3, -0.25) is 4.79 Å². The second-order valence-corrected chi connectivity index (χ2v) is 4.26. The summed E-state index contributed by atoms with van der Waals surface area (Å²) in [5.41, 5.74) is 0.626. The molecule has 1 atom stereocenters. The van der Waals surface area contributed by atoms with Crippen molar-refractivity contribution in [2.75, 3.05) is 13.6 Å². The van der Waals surface area contributed by atoms with Crippen LogP contribution >= 0.6 is 0 Å². The summed E-state index contributed by atoms with van der Waals surface area (Å²) in [6, 6.07) is 6.81. The molecular weight excluding hydrogens is 218 g/mol. The highest BCUT2D eigenvalue weighted by atomic mass is 16.3. The Balaban J connectivity index is 2.52. The van der Waals surface area contributed by atoms with E-state index in [4.69, 9.17) is 5.11 Å². The van der Waals surface area contributed by atoms with E-state index in [0.717, 1.165) is 0 Å². The molecule has 4 heteroatoms. The SMILES string of the molecule is CC(O)CCN(C)C(=O)Cc1ccccc1O. The minimum atomic E-state index is -0.407. The van der Waals surface area contributed by atoms with Crippen LogP contribution in [-0.4, -0.2) is 40.7 Å². The molecule has 2 N–H and O–H groups in total. The number of aromatic hydroxyl groups is 1. The molecule has 0 radical (unpaired) electrons. The van der Waals surface area contributed by atoms with E-state index in [0.29, 0.717) is 18.5 Å². The van der Waals surface area contributed by atoms with Gasteiger partial charge < -0.3 is 15.1 Å². The van der Waals surface area contributed by atoms with Crippen LogP contribution in [-0.2, 0) is 11.2 Å². The van der Waals surface area contributed by atoms with Crippen LogP contribution in [0.5, 0.6) is 5.75 Å². The van der Waals surface area contributed by atoms with Crippen molar-refractivity contribution in [2.45, 2.75) is 25.9 Å². The lowest BCUT2D eigenvalue weighted by atomic mass is 10.1. The van der Waals surface area contributed by atoms with Gasteiger partial charge in [0, 0.05) is 19.2 Å². The molecule has 1 aromatic carbocycles. The molecular formula is C13H19NO3. The molecule has 0 fully saturated rings. The normalized spacial score (nSPS) is 12.2. The van der Waals surface area contributed by atoms with E-state index in [1.807, 2.05) is 0 Å². The average Bonchev–Trinajstić information content (AvgIpc) is 2.28. The predicted molar refractivity (Wildman–Crippen MR) is 65.7 cm³/mol. The maximum atomic E-state index is 11.8. The van der Waals surface area contributed by atoms with Gasteiger partial charge in [-0.05, 0) is 19.4 Å². The molecule has 0 aliphatic carbocycles. The lowest BCUT2D eigenvalue weighted by Gasteiger charge is -2.18. The second kappa shape index (κ2) is 6.25. The fourth-order valence-corrected chi connectivity index (χ4v) is 1.46. The smallest absolute Gasteiger partial charge is 0.226 e. The molecule has 0 aliphatic heterocycles. The largest absolute Gasteiger partial charge is 0.508 e. The Morgan fingerprint density at radius 1 is 1.41 bits per heavy atom. The molecule has 17 heavy (non-hydrogen) atoms. The molecule has 0 saturated heterocycles. The number of benzene rings is 1. The van der Waals surface area contributed by atoms with E-state index >= 15 is 0 Å². The molecule has 0 aromatic heterocycles. The van der Waals surface area contributed by atoms with Crippen LogP contribution in [0, 0.1) is 0 Å². The van der Waals surface area contributed by atoms with Gasteiger partial charge in [-0.15, -0.1) is 0 Å². The number of rotatable bonds is 5. The number of para-hydroxylation sites is 1. The van der Waals surface area contributed by atoms with Crippen molar-refractivity contribution in [1.29, 1.82) is 0 Å². The van der Waals surface area contributed by atoms with Crippen molar-refractivity contribution in [3.05, 3.63) is 29.8 Å². The highest BCUT2D eigenvalue weighted by Crippen LogP contribution is 2.16. The van der Waals surface area contributed by atoms with Gasteiger partial charge in [0.05, 0.1) is 12.5 Å². The lowest BCUT2D eigenvalue weighted by molar-refractivity contribution is -0.129. The highest BCUT2D eigenvalue weighted by Gasteiger charge is 2.12. The van der Waals surface area contributed by atoms with Crippen molar-refractivity contribution in [1.82, 2.24) is 4.90 Å². The number of hydrogen-bond donors (Lipinski definition) is 2. The summed E-state index contributed by atoms with van der Waals surface area (Å²) >= 11 is 0. The molecule has 1 unspecified atom stereocenters. The summed E-state index contributed by atoms with van der Waals surface area (Å²) in [5, 5.41) is 18.7. The third-order valence-electron chi connectivity index (χ3n) is 2.64. The monoisotopic (exact) mass is 237 g/mol. The van der Waals surface area contributed by atoms with Gasteiger partial charge in [-0.1, -0.05) is 18.2 Å². The number of carbonyl (C=O) groups excluding carboxylic acids is 1. The predicted octanol–water partition coefficient (Wildman–Crippen LogP) is 1.16. The van der Waals surface area contributed by atoms with Gasteiger partial charge in [0.15, 0.2) is 0 Å². The van der Waals surface area contributed by atoms with Gasteiger partial charge >= 0.3 is 0 Å². The molecule has 4 nitrogen and oxygen atoms in total. The number of nitrogens with zero attached hydrogens (tertiary/aromatic N) is 1. The third kappa shape index (κ3) is 4.44. The standard InChI is InChI=1S/C13H19NO3/c1-10(15)7-8-14(2)13(17)9-11-5-3-4-6-12(11)16/h3-6,10,15-16H,7-9H2,1-2H3. The number of aliphatic hydroxyl groups excluding tert-OH is 1. The number of carbonyl (C=O) groups is 1. The maximum Gasteiger partial charge on any atom is 0.226 e. The van der Waals surface area contributed by atoms with E-state index in [-0.39, 0.29) is 18.1 Å². The fraction of sp³-hybridized carbons (Fsp3) is 0.462. The Morgan fingerprint density at radius 2 is 2.06 bits per heavy atom. The Morgan fingerprint density at radius 3 is 2.65 bits per heavy atom. The van der Waals surface area contributed by atoms with E-state index in [2.05, 4.69) is 0 Å². The Kier molecular flexibility index (Phi) is 4.97. The third-order valence-corrected chi connectivity index (χ3v) is 2.64. The van der Waals surface area contributed by atoms with Crippen LogP contribution in [0.2, 0.25) is 0 Å². The summed E-state index contributed by atoms with van der Waals surface area (Å²) in [4.78, 5) is 13.4. The van der Waals surface area contributed by atoms with Crippen LogP contribution in [0.4, 0.5) is 0 Å². The summed E-state index contributed by atoms with van der Waals surface area (Å²) < 4.78 is 0. The zero-order chi connectivity index (χ0) is 12.8. The van der Waals surface area contributed by atoms with Gasteiger partial charge in [-0.2, -0.15) is 0 Å². The topological polar surface area (TPSA) is 60.8 Å². The number of aliphatic hydroxyl groups is 1. The van der Waals surface area contributed by atoms with Crippen LogP contribution < -0.4 is 0 Å². The number of phenols is 1. The fourth-order valence-electron chi connectivity index (χ4n) is 1.46. The van der Waals surface area contributed by atoms with E-state index in [1.165, 1.54) is 0 Å². The van der Waals surface area contributed by atoms with Crippen molar-refractivity contribution >= 4 is 5.91 Å². The Bertz CT molecular complexity index is 377. The number of amides is 1. The van der Waals surface area contributed by atoms with Gasteiger partial charge in [-0.25, -0.2) is 0 Å². The van der Waals surface area contributed by atoms with Gasteiger partial charge in [0.25, 0.3) is 0 Å². The molecule has 0 saturated carbocycles. The first-order chi connectivity index (χ1) is 8.00. The Labute approximate surface area is 101 Å². The quantitative estimate of drug-likeness (QED) is 0.808. The van der Waals surface area contributed by atoms with Crippen molar-refractivity contribution in [3.63, 3.8) is 0 Å². The summed E-state index contributed by atoms with van der Waals surface area (Å²) in [7, 11) is 1.70. The summed E-state index contributed by atoms with van der Waals surface area (Å²) in [6.07, 6.45) is 0.335. The highest BCUT2D eigenvalue weighted by molar-refractivity contribution is 5.79. The summed E-state index contributed by atoms with van der Waals surface area (Å²) in [6.45, 7) is 2.21. The Hall–Kier alpha value is -1.55. The van der Waals surface area contributed by atoms with Crippen LogP contribution in [0.25, 0.3) is 0 Å². The molecule has 0 bridgehead atoms. The van der Waals surface area contributed by atoms with Crippen molar-refractivity contribution in [2.24, 2.45) is 0 Å². The minimum Gasteiger partial charge on any atom is -0.508 e. The zero-order valence-electron chi connectivity index (χ0n) is 10.3. The minimum absolute atomic E-state index is 0.0628. The maximum absolute atomic E-state index is 11.8. The molecule has 1 amide bonds. The number of hydrogen-bond acceptors (Lipinski definition) is 3. The molecule has 0 heterocycles. The van der Waals surface area contributed by atoms with E-state index < -0.39 is 6.10 Å². The molecule has 94 valence electrons. The van der Waals surface area contributed by atoms with Crippen molar-refractivity contribution in [3.8, 4) is 5.75 Å². The van der Waals surface area contributed by atoms with Crippen LogP contribution in [0.3, 0.4) is 0 Å². The van der Waals surface area contributed by atoms with E-state index in [9.17, 15) is 9.90 Å². The lowest BCUT2D eigenvalue weighted by Crippen LogP contribution is -2.30. The first-order valence-electron chi connectivity index (χ1n) is 5.69. The second-order valence-electron chi connectivity index (χ2n) is 4.26. The van der Waals surface area contributed by atoms with Crippen LogP contribution in [0.1, 0.15) is 18.9 Å². The molecule has 0 aliphatic rings. The van der Waals surface area contributed by atoms with Crippen LogP contribution in [0.15, 0.2) is 24.3 Å². The zero-order valence-corrected chi connectivity index (χ0v) is 10.3.